The highest BCUT2D eigenvalue weighted by atomic mass is 35.5. The van der Waals surface area contributed by atoms with Gasteiger partial charge in [-0.25, -0.2) is 4.98 Å². The molecule has 3 aromatic rings. The summed E-state index contributed by atoms with van der Waals surface area (Å²) in [6.07, 6.45) is 2.00. The van der Waals surface area contributed by atoms with Gasteiger partial charge in [-0.3, -0.25) is 0 Å². The molecule has 0 aliphatic carbocycles. The number of nitrogens with zero attached hydrogens (tertiary/aromatic N) is 2. The van der Waals surface area contributed by atoms with E-state index in [1.54, 1.807) is 11.3 Å². The van der Waals surface area contributed by atoms with Gasteiger partial charge in [0.05, 0.1) is 16.5 Å². The van der Waals surface area contributed by atoms with Crippen molar-refractivity contribution >= 4 is 28.6 Å². The number of alkyl halides is 1. The summed E-state index contributed by atoms with van der Waals surface area (Å²) in [6.45, 7) is 0. The Bertz CT molecular complexity index is 613. The summed E-state index contributed by atoms with van der Waals surface area (Å²) >= 11 is 7.70. The first kappa shape index (κ1) is 9.87. The van der Waals surface area contributed by atoms with Crippen molar-refractivity contribution in [2.75, 3.05) is 0 Å². The summed E-state index contributed by atoms with van der Waals surface area (Å²) in [6, 6.07) is 10.1. The van der Waals surface area contributed by atoms with Crippen molar-refractivity contribution in [3.05, 3.63) is 47.6 Å². The third-order valence-corrected chi connectivity index (χ3v) is 3.64. The van der Waals surface area contributed by atoms with Gasteiger partial charge in [0, 0.05) is 6.20 Å². The molecule has 0 bridgehead atoms. The zero-order valence-electron chi connectivity index (χ0n) is 8.43. The van der Waals surface area contributed by atoms with Crippen molar-refractivity contribution in [2.24, 2.45) is 0 Å². The van der Waals surface area contributed by atoms with E-state index in [0.29, 0.717) is 5.88 Å². The van der Waals surface area contributed by atoms with Gasteiger partial charge in [0.1, 0.15) is 11.3 Å². The number of fused-ring (bicyclic) bond motifs is 1. The van der Waals surface area contributed by atoms with Gasteiger partial charge in [-0.1, -0.05) is 12.1 Å². The van der Waals surface area contributed by atoms with E-state index < -0.39 is 0 Å². The normalized spacial score (nSPS) is 11.1. The topological polar surface area (TPSA) is 17.3 Å². The molecule has 0 fully saturated rings. The first-order chi connectivity index (χ1) is 7.90. The fourth-order valence-electron chi connectivity index (χ4n) is 1.78. The maximum atomic E-state index is 6.01. The van der Waals surface area contributed by atoms with Crippen LogP contribution in [0.5, 0.6) is 0 Å². The highest BCUT2D eigenvalue weighted by molar-refractivity contribution is 7.13. The maximum Gasteiger partial charge on any atom is 0.137 e. The van der Waals surface area contributed by atoms with Gasteiger partial charge in [0.25, 0.3) is 0 Å². The molecule has 0 aliphatic heterocycles. The van der Waals surface area contributed by atoms with Crippen molar-refractivity contribution < 1.29 is 0 Å². The van der Waals surface area contributed by atoms with Gasteiger partial charge in [-0.05, 0) is 23.6 Å². The average Bonchev–Trinajstić information content (AvgIpc) is 2.95. The molecule has 3 heterocycles. The molecule has 3 rings (SSSR count). The van der Waals surface area contributed by atoms with Gasteiger partial charge >= 0.3 is 0 Å². The molecule has 16 heavy (non-hydrogen) atoms. The molecule has 2 nitrogen and oxygen atoms in total. The van der Waals surface area contributed by atoms with Crippen LogP contribution in [0.1, 0.15) is 5.69 Å². The van der Waals surface area contributed by atoms with Crippen LogP contribution in [-0.4, -0.2) is 9.38 Å². The molecule has 3 aromatic heterocycles. The van der Waals surface area contributed by atoms with Crippen LogP contribution in [0.2, 0.25) is 0 Å². The molecule has 0 saturated carbocycles. The number of hydrogen-bond donors (Lipinski definition) is 0. The van der Waals surface area contributed by atoms with Gasteiger partial charge in [0.2, 0.25) is 0 Å². The third-order valence-electron chi connectivity index (χ3n) is 2.51. The number of imidazole rings is 1. The molecule has 0 atom stereocenters. The van der Waals surface area contributed by atoms with Gasteiger partial charge in [-0.15, -0.1) is 22.9 Å². The van der Waals surface area contributed by atoms with E-state index >= 15 is 0 Å². The van der Waals surface area contributed by atoms with Crippen molar-refractivity contribution in [3.8, 4) is 10.6 Å². The number of thiophene rings is 1. The quantitative estimate of drug-likeness (QED) is 0.631. The summed E-state index contributed by atoms with van der Waals surface area (Å²) in [5.41, 5.74) is 3.00. The molecule has 0 spiro atoms. The number of aromatic nitrogens is 2. The molecule has 0 unspecified atom stereocenters. The van der Waals surface area contributed by atoms with Crippen molar-refractivity contribution in [2.45, 2.75) is 5.88 Å². The summed E-state index contributed by atoms with van der Waals surface area (Å²) in [4.78, 5) is 5.78. The molecule has 80 valence electrons. The van der Waals surface area contributed by atoms with Crippen molar-refractivity contribution in [1.29, 1.82) is 0 Å². The fourth-order valence-corrected chi connectivity index (χ4v) is 2.78. The Balaban J connectivity index is 2.32. The second kappa shape index (κ2) is 3.92. The van der Waals surface area contributed by atoms with E-state index in [2.05, 4.69) is 16.4 Å². The minimum atomic E-state index is 0.471. The smallest absolute Gasteiger partial charge is 0.137 e. The lowest BCUT2D eigenvalue weighted by Crippen LogP contribution is -1.89. The third kappa shape index (κ3) is 1.44. The van der Waals surface area contributed by atoms with Crippen LogP contribution in [0.15, 0.2) is 41.9 Å². The van der Waals surface area contributed by atoms with E-state index in [1.165, 1.54) is 4.88 Å². The monoisotopic (exact) mass is 248 g/mol. The van der Waals surface area contributed by atoms with E-state index in [1.807, 2.05) is 34.9 Å². The molecule has 0 aliphatic rings. The molecule has 0 radical (unpaired) electrons. The van der Waals surface area contributed by atoms with Gasteiger partial charge in [0.15, 0.2) is 0 Å². The second-order valence-electron chi connectivity index (χ2n) is 3.45. The van der Waals surface area contributed by atoms with E-state index in [0.717, 1.165) is 17.0 Å². The number of pyridine rings is 1. The predicted octanol–water partition coefficient (Wildman–Crippen LogP) is 3.80. The summed E-state index contributed by atoms with van der Waals surface area (Å²) in [7, 11) is 0. The lowest BCUT2D eigenvalue weighted by atomic mass is 10.3. The largest absolute Gasteiger partial charge is 0.302 e. The number of halogens is 1. The molecule has 0 N–H and O–H groups in total. The molecule has 0 amide bonds. The first-order valence-corrected chi connectivity index (χ1v) is 6.37. The fraction of sp³-hybridized carbons (Fsp3) is 0.0833. The molecule has 4 heteroatoms. The lowest BCUT2D eigenvalue weighted by Gasteiger charge is -1.98. The highest BCUT2D eigenvalue weighted by Gasteiger charge is 2.12. The summed E-state index contributed by atoms with van der Waals surface area (Å²) < 4.78 is 2.04. The van der Waals surface area contributed by atoms with Crippen LogP contribution in [-0.2, 0) is 5.88 Å². The average molecular weight is 249 g/mol. The van der Waals surface area contributed by atoms with Crippen molar-refractivity contribution in [1.82, 2.24) is 9.38 Å². The van der Waals surface area contributed by atoms with Gasteiger partial charge in [-0.2, -0.15) is 0 Å². The second-order valence-corrected chi connectivity index (χ2v) is 4.66. The zero-order valence-corrected chi connectivity index (χ0v) is 10.0. The Labute approximate surface area is 102 Å². The van der Waals surface area contributed by atoms with Crippen LogP contribution in [0.4, 0.5) is 0 Å². The van der Waals surface area contributed by atoms with E-state index in [-0.39, 0.29) is 0 Å². The molecular weight excluding hydrogens is 240 g/mol. The first-order valence-electron chi connectivity index (χ1n) is 4.96. The van der Waals surface area contributed by atoms with Crippen LogP contribution in [0, 0.1) is 0 Å². The molecule has 0 saturated heterocycles. The van der Waals surface area contributed by atoms with Crippen LogP contribution in [0.25, 0.3) is 16.2 Å². The molecule has 0 aromatic carbocycles. The number of rotatable bonds is 2. The Morgan fingerprint density at radius 3 is 2.94 bits per heavy atom. The van der Waals surface area contributed by atoms with Gasteiger partial charge < -0.3 is 4.40 Å². The predicted molar refractivity (Wildman–Crippen MR) is 68.1 cm³/mol. The number of hydrogen-bond acceptors (Lipinski definition) is 2. The van der Waals surface area contributed by atoms with E-state index in [9.17, 15) is 0 Å². The Morgan fingerprint density at radius 1 is 1.25 bits per heavy atom. The van der Waals surface area contributed by atoms with Crippen LogP contribution >= 0.6 is 22.9 Å². The SMILES string of the molecule is ClCc1c(-c2cccs2)nc2ccccn12. The summed E-state index contributed by atoms with van der Waals surface area (Å²) in [5.74, 6) is 0.471. The Kier molecular flexibility index (Phi) is 2.42. The minimum absolute atomic E-state index is 0.471. The molecular formula is C12H9ClN2S. The lowest BCUT2D eigenvalue weighted by molar-refractivity contribution is 1.09. The minimum Gasteiger partial charge on any atom is -0.302 e. The van der Waals surface area contributed by atoms with E-state index in [4.69, 9.17) is 11.6 Å². The van der Waals surface area contributed by atoms with Crippen LogP contribution < -0.4 is 0 Å². The standard InChI is InChI=1S/C12H9ClN2S/c13-8-9-12(10-4-3-7-16-10)14-11-5-1-2-6-15(9)11/h1-7H,8H2. The Morgan fingerprint density at radius 2 is 2.19 bits per heavy atom. The van der Waals surface area contributed by atoms with Crippen LogP contribution in [0.3, 0.4) is 0 Å². The summed E-state index contributed by atoms with van der Waals surface area (Å²) in [5, 5.41) is 2.05. The Hall–Kier alpha value is -1.32. The highest BCUT2D eigenvalue weighted by Crippen LogP contribution is 2.29. The van der Waals surface area contributed by atoms with Crippen molar-refractivity contribution in [3.63, 3.8) is 0 Å². The maximum absolute atomic E-state index is 6.01. The zero-order chi connectivity index (χ0) is 11.0.